The van der Waals surface area contributed by atoms with Crippen molar-refractivity contribution >= 4 is 5.97 Å². The van der Waals surface area contributed by atoms with Crippen molar-refractivity contribution in [2.24, 2.45) is 0 Å². The van der Waals surface area contributed by atoms with Crippen molar-refractivity contribution in [2.75, 3.05) is 26.2 Å². The van der Waals surface area contributed by atoms with E-state index < -0.39 is 5.92 Å². The SMILES string of the molecule is CC[NH+](CC)CC#CCOC(=O)C(c1ccccc1)c1ccccc1.[Cl-]. The fourth-order valence-electron chi connectivity index (χ4n) is 2.68. The van der Waals surface area contributed by atoms with Crippen LogP contribution in [0.5, 0.6) is 0 Å². The molecule has 26 heavy (non-hydrogen) atoms. The van der Waals surface area contributed by atoms with Crippen molar-refractivity contribution in [3.05, 3.63) is 71.8 Å². The molecule has 2 rings (SSSR count). The maximum atomic E-state index is 12.7. The highest BCUT2D eigenvalue weighted by molar-refractivity contribution is 5.82. The minimum Gasteiger partial charge on any atom is -1.00 e. The Hall–Kier alpha value is -2.28. The van der Waals surface area contributed by atoms with Crippen LogP contribution in [0.3, 0.4) is 0 Å². The molecule has 138 valence electrons. The van der Waals surface area contributed by atoms with Crippen LogP contribution in [0.2, 0.25) is 0 Å². The lowest BCUT2D eigenvalue weighted by atomic mass is 9.91. The summed E-state index contributed by atoms with van der Waals surface area (Å²) in [6.45, 7) is 7.31. The highest BCUT2D eigenvalue weighted by Crippen LogP contribution is 2.25. The van der Waals surface area contributed by atoms with Crippen LogP contribution in [-0.2, 0) is 9.53 Å². The van der Waals surface area contributed by atoms with E-state index in [1.54, 1.807) is 0 Å². The first-order valence-electron chi connectivity index (χ1n) is 8.82. The van der Waals surface area contributed by atoms with Crippen molar-refractivity contribution in [3.63, 3.8) is 0 Å². The molecule has 0 saturated carbocycles. The zero-order valence-electron chi connectivity index (χ0n) is 15.4. The van der Waals surface area contributed by atoms with Crippen LogP contribution in [0.1, 0.15) is 30.9 Å². The fraction of sp³-hybridized carbons (Fsp3) is 0.318. The molecule has 1 N–H and O–H groups in total. The van der Waals surface area contributed by atoms with Crippen molar-refractivity contribution in [1.29, 1.82) is 0 Å². The molecule has 0 atom stereocenters. The number of hydrogen-bond acceptors (Lipinski definition) is 2. The first-order valence-corrected chi connectivity index (χ1v) is 8.82. The van der Waals surface area contributed by atoms with Gasteiger partial charge >= 0.3 is 5.97 Å². The van der Waals surface area contributed by atoms with E-state index >= 15 is 0 Å². The van der Waals surface area contributed by atoms with Gasteiger partial charge < -0.3 is 22.0 Å². The summed E-state index contributed by atoms with van der Waals surface area (Å²) in [7, 11) is 0. The predicted octanol–water partition coefficient (Wildman–Crippen LogP) is -0.706. The number of carbonyl (C=O) groups is 1. The molecule has 0 aliphatic heterocycles. The van der Waals surface area contributed by atoms with E-state index in [0.29, 0.717) is 0 Å². The van der Waals surface area contributed by atoms with Gasteiger partial charge in [-0.3, -0.25) is 4.79 Å². The normalized spacial score (nSPS) is 10.0. The van der Waals surface area contributed by atoms with Crippen molar-refractivity contribution in [1.82, 2.24) is 0 Å². The lowest BCUT2D eigenvalue weighted by Crippen LogP contribution is -3.11. The molecule has 2 aromatic carbocycles. The molecule has 0 radical (unpaired) electrons. The second kappa shape index (κ2) is 12.1. The summed E-state index contributed by atoms with van der Waals surface area (Å²) in [5.41, 5.74) is 1.86. The van der Waals surface area contributed by atoms with Gasteiger partial charge in [-0.25, -0.2) is 0 Å². The standard InChI is InChI=1S/C22H25NO2.ClH/c1-3-23(4-2)17-11-12-18-25-22(24)21(19-13-7-5-8-14-19)20-15-9-6-10-16-20;/h5-10,13-16,21H,3-4,17-18H2,1-2H3;1H. The summed E-state index contributed by atoms with van der Waals surface area (Å²) in [4.78, 5) is 14.1. The van der Waals surface area contributed by atoms with Gasteiger partial charge in [-0.15, -0.1) is 0 Å². The van der Waals surface area contributed by atoms with Crippen molar-refractivity contribution in [3.8, 4) is 11.8 Å². The van der Waals surface area contributed by atoms with Crippen molar-refractivity contribution in [2.45, 2.75) is 19.8 Å². The fourth-order valence-corrected chi connectivity index (χ4v) is 2.68. The number of ether oxygens (including phenoxy) is 1. The number of nitrogens with one attached hydrogen (secondary N) is 1. The van der Waals surface area contributed by atoms with Crippen LogP contribution >= 0.6 is 0 Å². The van der Waals surface area contributed by atoms with Gasteiger partial charge in [-0.05, 0) is 30.9 Å². The van der Waals surface area contributed by atoms with E-state index in [0.717, 1.165) is 30.8 Å². The van der Waals surface area contributed by atoms with Crippen LogP contribution in [0.25, 0.3) is 0 Å². The first-order chi connectivity index (χ1) is 12.3. The van der Waals surface area contributed by atoms with Gasteiger partial charge in [0.1, 0.15) is 12.5 Å². The lowest BCUT2D eigenvalue weighted by Gasteiger charge is -2.16. The van der Waals surface area contributed by atoms with Gasteiger partial charge in [-0.1, -0.05) is 66.6 Å². The summed E-state index contributed by atoms with van der Waals surface area (Å²) >= 11 is 0. The maximum absolute atomic E-state index is 12.7. The zero-order chi connectivity index (χ0) is 17.9. The van der Waals surface area contributed by atoms with Crippen LogP contribution in [0, 0.1) is 11.8 Å². The van der Waals surface area contributed by atoms with E-state index in [2.05, 4.69) is 25.7 Å². The number of quaternary nitrogens is 1. The molecule has 0 fully saturated rings. The summed E-state index contributed by atoms with van der Waals surface area (Å²) < 4.78 is 5.44. The Labute approximate surface area is 162 Å². The average Bonchev–Trinajstić information content (AvgIpc) is 2.66. The molecule has 0 unspecified atom stereocenters. The van der Waals surface area contributed by atoms with Crippen LogP contribution in [0.4, 0.5) is 0 Å². The number of halogens is 1. The molecule has 0 saturated heterocycles. The molecule has 0 aliphatic rings. The van der Waals surface area contributed by atoms with Gasteiger partial charge in [0.2, 0.25) is 0 Å². The van der Waals surface area contributed by atoms with Crippen LogP contribution in [0.15, 0.2) is 60.7 Å². The molecule has 0 bridgehead atoms. The second-order valence-electron chi connectivity index (χ2n) is 5.85. The summed E-state index contributed by atoms with van der Waals surface area (Å²) in [6, 6.07) is 19.4. The smallest absolute Gasteiger partial charge is 0.318 e. The Balaban J connectivity index is 0.00000338. The topological polar surface area (TPSA) is 30.7 Å². The van der Waals surface area contributed by atoms with E-state index in [9.17, 15) is 4.79 Å². The predicted molar refractivity (Wildman–Crippen MR) is 100 cm³/mol. The Morgan fingerprint density at radius 3 is 1.88 bits per heavy atom. The Kier molecular flexibility index (Phi) is 10.2. The number of esters is 1. The van der Waals surface area contributed by atoms with Crippen LogP contribution < -0.4 is 17.3 Å². The lowest BCUT2D eigenvalue weighted by molar-refractivity contribution is -0.889. The molecule has 0 aliphatic carbocycles. The van der Waals surface area contributed by atoms with Gasteiger partial charge in [0.15, 0.2) is 6.61 Å². The minimum absolute atomic E-state index is 0. The molecule has 0 spiro atoms. The Morgan fingerprint density at radius 2 is 1.42 bits per heavy atom. The molecule has 2 aromatic rings. The van der Waals surface area contributed by atoms with Gasteiger partial charge in [0, 0.05) is 0 Å². The number of hydrogen-bond donors (Lipinski definition) is 1. The molecule has 3 nitrogen and oxygen atoms in total. The first kappa shape index (κ1) is 21.8. The molecule has 0 amide bonds. The highest BCUT2D eigenvalue weighted by atomic mass is 35.5. The van der Waals surface area contributed by atoms with E-state index in [1.165, 1.54) is 4.90 Å². The molecule has 4 heteroatoms. The largest absolute Gasteiger partial charge is 1.00 e. The molecule has 0 aromatic heterocycles. The third-order valence-corrected chi connectivity index (χ3v) is 4.25. The van der Waals surface area contributed by atoms with Crippen molar-refractivity contribution < 1.29 is 26.8 Å². The van der Waals surface area contributed by atoms with E-state index in [4.69, 9.17) is 4.74 Å². The van der Waals surface area contributed by atoms with Gasteiger partial charge in [0.05, 0.1) is 13.1 Å². The summed E-state index contributed by atoms with van der Waals surface area (Å²) in [5, 5.41) is 0. The number of carbonyl (C=O) groups excluding carboxylic acids is 1. The average molecular weight is 372 g/mol. The molecular formula is C22H26ClNO2. The monoisotopic (exact) mass is 371 g/mol. The van der Waals surface area contributed by atoms with E-state index in [-0.39, 0.29) is 25.0 Å². The highest BCUT2D eigenvalue weighted by Gasteiger charge is 2.23. The molecule has 0 heterocycles. The minimum atomic E-state index is -0.419. The quantitative estimate of drug-likeness (QED) is 0.515. The summed E-state index contributed by atoms with van der Waals surface area (Å²) in [6.07, 6.45) is 0. The maximum Gasteiger partial charge on any atom is 0.318 e. The summed E-state index contributed by atoms with van der Waals surface area (Å²) in [5.74, 6) is 5.38. The number of rotatable bonds is 7. The van der Waals surface area contributed by atoms with Gasteiger partial charge in [-0.2, -0.15) is 0 Å². The van der Waals surface area contributed by atoms with E-state index in [1.807, 2.05) is 60.7 Å². The Morgan fingerprint density at radius 1 is 0.923 bits per heavy atom. The zero-order valence-corrected chi connectivity index (χ0v) is 16.1. The third-order valence-electron chi connectivity index (χ3n) is 4.25. The second-order valence-corrected chi connectivity index (χ2v) is 5.85. The number of benzene rings is 2. The Bertz CT molecular complexity index is 664. The van der Waals surface area contributed by atoms with Crippen LogP contribution in [-0.4, -0.2) is 32.2 Å². The van der Waals surface area contributed by atoms with Gasteiger partial charge in [0.25, 0.3) is 0 Å². The molecular weight excluding hydrogens is 346 g/mol. The third kappa shape index (κ3) is 6.55.